The zero-order chi connectivity index (χ0) is 9.84. The summed E-state index contributed by atoms with van der Waals surface area (Å²) in [6, 6.07) is 0.586. The Kier molecular flexibility index (Phi) is 3.76. The van der Waals surface area contributed by atoms with E-state index < -0.39 is 0 Å². The maximum Gasteiger partial charge on any atom is 0.0959 e. The third kappa shape index (κ3) is 2.71. The normalized spacial score (nSPS) is 29.0. The topological polar surface area (TPSA) is 27.1 Å². The lowest BCUT2D eigenvalue weighted by Gasteiger charge is -2.38. The Labute approximate surface area is 81.8 Å². The monoisotopic (exact) mass is 182 g/mol. The standard InChI is InChI=1S/C11H22N2/c1-4-5-11(12)13-7-6-9(2)8-10(13)3/h9-10,12H,4-8H2,1-3H3. The van der Waals surface area contributed by atoms with Crippen molar-refractivity contribution in [3.63, 3.8) is 0 Å². The zero-order valence-corrected chi connectivity index (χ0v) is 9.14. The molecule has 0 aromatic heterocycles. The van der Waals surface area contributed by atoms with E-state index in [0.29, 0.717) is 6.04 Å². The second-order valence-electron chi connectivity index (χ2n) is 4.37. The number of amidine groups is 1. The summed E-state index contributed by atoms with van der Waals surface area (Å²) in [6.07, 6.45) is 4.55. The van der Waals surface area contributed by atoms with Gasteiger partial charge < -0.3 is 4.90 Å². The Morgan fingerprint density at radius 3 is 2.69 bits per heavy atom. The molecule has 1 rings (SSSR count). The lowest BCUT2D eigenvalue weighted by Crippen LogP contribution is -2.43. The summed E-state index contributed by atoms with van der Waals surface area (Å²) in [4.78, 5) is 2.28. The number of nitrogens with one attached hydrogen (secondary N) is 1. The fourth-order valence-corrected chi connectivity index (χ4v) is 2.19. The first-order valence-corrected chi connectivity index (χ1v) is 5.49. The van der Waals surface area contributed by atoms with Crippen LogP contribution in [0.1, 0.15) is 46.5 Å². The highest BCUT2D eigenvalue weighted by molar-refractivity contribution is 5.79. The van der Waals surface area contributed by atoms with Crippen molar-refractivity contribution < 1.29 is 0 Å². The number of hydrogen-bond acceptors (Lipinski definition) is 1. The van der Waals surface area contributed by atoms with Crippen LogP contribution in [0.2, 0.25) is 0 Å². The van der Waals surface area contributed by atoms with Crippen LogP contribution >= 0.6 is 0 Å². The molecule has 2 nitrogen and oxygen atoms in total. The average molecular weight is 182 g/mol. The van der Waals surface area contributed by atoms with Gasteiger partial charge in [0.05, 0.1) is 5.84 Å². The molecule has 0 aromatic carbocycles. The van der Waals surface area contributed by atoms with Gasteiger partial charge in [0, 0.05) is 19.0 Å². The number of rotatable bonds is 2. The van der Waals surface area contributed by atoms with E-state index >= 15 is 0 Å². The van der Waals surface area contributed by atoms with Crippen molar-refractivity contribution in [2.24, 2.45) is 5.92 Å². The van der Waals surface area contributed by atoms with Crippen molar-refractivity contribution in [3.05, 3.63) is 0 Å². The van der Waals surface area contributed by atoms with E-state index in [1.165, 1.54) is 12.8 Å². The van der Waals surface area contributed by atoms with Crippen LogP contribution < -0.4 is 0 Å². The molecule has 13 heavy (non-hydrogen) atoms. The predicted molar refractivity (Wildman–Crippen MR) is 57.2 cm³/mol. The Balaban J connectivity index is 2.45. The summed E-state index contributed by atoms with van der Waals surface area (Å²) < 4.78 is 0. The minimum atomic E-state index is 0.586. The molecule has 1 fully saturated rings. The lowest BCUT2D eigenvalue weighted by atomic mass is 9.93. The van der Waals surface area contributed by atoms with Crippen molar-refractivity contribution in [1.82, 2.24) is 4.90 Å². The van der Waals surface area contributed by atoms with Gasteiger partial charge in [0.15, 0.2) is 0 Å². The molecule has 1 aliphatic rings. The van der Waals surface area contributed by atoms with Crippen LogP contribution in [0.3, 0.4) is 0 Å². The van der Waals surface area contributed by atoms with Gasteiger partial charge in [-0.25, -0.2) is 0 Å². The van der Waals surface area contributed by atoms with E-state index in [1.54, 1.807) is 0 Å². The van der Waals surface area contributed by atoms with Crippen molar-refractivity contribution >= 4 is 5.84 Å². The summed E-state index contributed by atoms with van der Waals surface area (Å²) in [5, 5.41) is 7.91. The van der Waals surface area contributed by atoms with Crippen LogP contribution in [-0.2, 0) is 0 Å². The molecule has 1 heterocycles. The number of likely N-dealkylation sites (tertiary alicyclic amines) is 1. The molecule has 1 saturated heterocycles. The zero-order valence-electron chi connectivity index (χ0n) is 9.14. The van der Waals surface area contributed by atoms with E-state index in [9.17, 15) is 0 Å². The van der Waals surface area contributed by atoms with Gasteiger partial charge in [-0.05, 0) is 32.1 Å². The molecule has 0 bridgehead atoms. The molecule has 0 radical (unpaired) electrons. The maximum absolute atomic E-state index is 7.91. The highest BCUT2D eigenvalue weighted by atomic mass is 15.2. The highest BCUT2D eigenvalue weighted by Crippen LogP contribution is 2.22. The molecular weight excluding hydrogens is 160 g/mol. The van der Waals surface area contributed by atoms with Crippen LogP contribution in [0.15, 0.2) is 0 Å². The van der Waals surface area contributed by atoms with E-state index in [1.807, 2.05) is 0 Å². The number of hydrogen-bond donors (Lipinski definition) is 1. The minimum Gasteiger partial charge on any atom is -0.358 e. The summed E-state index contributed by atoms with van der Waals surface area (Å²) >= 11 is 0. The van der Waals surface area contributed by atoms with Crippen LogP contribution in [0, 0.1) is 11.3 Å². The molecular formula is C11H22N2. The Hall–Kier alpha value is -0.530. The molecule has 2 atom stereocenters. The van der Waals surface area contributed by atoms with E-state index in [0.717, 1.165) is 31.1 Å². The van der Waals surface area contributed by atoms with Crippen LogP contribution in [-0.4, -0.2) is 23.3 Å². The van der Waals surface area contributed by atoms with Gasteiger partial charge in [-0.1, -0.05) is 13.8 Å². The van der Waals surface area contributed by atoms with Gasteiger partial charge in [0.2, 0.25) is 0 Å². The van der Waals surface area contributed by atoms with E-state index in [4.69, 9.17) is 5.41 Å². The predicted octanol–water partition coefficient (Wildman–Crippen LogP) is 2.88. The quantitative estimate of drug-likeness (QED) is 0.516. The fourth-order valence-electron chi connectivity index (χ4n) is 2.19. The molecule has 0 amide bonds. The third-order valence-corrected chi connectivity index (χ3v) is 2.97. The molecule has 76 valence electrons. The van der Waals surface area contributed by atoms with Gasteiger partial charge in [0.25, 0.3) is 0 Å². The van der Waals surface area contributed by atoms with Gasteiger partial charge in [0.1, 0.15) is 0 Å². The SMILES string of the molecule is CCCC(=N)N1CCC(C)CC1C. The molecule has 0 aliphatic carbocycles. The van der Waals surface area contributed by atoms with Crippen LogP contribution in [0.5, 0.6) is 0 Å². The largest absolute Gasteiger partial charge is 0.358 e. The molecule has 0 spiro atoms. The molecule has 1 N–H and O–H groups in total. The van der Waals surface area contributed by atoms with Gasteiger partial charge in [-0.15, -0.1) is 0 Å². The first-order chi connectivity index (χ1) is 6.15. The summed E-state index contributed by atoms with van der Waals surface area (Å²) in [6.45, 7) is 7.81. The summed E-state index contributed by atoms with van der Waals surface area (Å²) in [5.74, 6) is 1.70. The molecule has 0 aromatic rings. The van der Waals surface area contributed by atoms with E-state index in [-0.39, 0.29) is 0 Å². The van der Waals surface area contributed by atoms with Gasteiger partial charge in [-0.2, -0.15) is 0 Å². The van der Waals surface area contributed by atoms with Crippen molar-refractivity contribution in [3.8, 4) is 0 Å². The van der Waals surface area contributed by atoms with Crippen molar-refractivity contribution in [2.75, 3.05) is 6.54 Å². The Morgan fingerprint density at radius 2 is 2.15 bits per heavy atom. The Morgan fingerprint density at radius 1 is 1.46 bits per heavy atom. The Bertz CT molecular complexity index is 177. The minimum absolute atomic E-state index is 0.586. The van der Waals surface area contributed by atoms with Crippen molar-refractivity contribution in [1.29, 1.82) is 5.41 Å². The molecule has 2 unspecified atom stereocenters. The number of piperidine rings is 1. The fraction of sp³-hybridized carbons (Fsp3) is 0.909. The number of nitrogens with zero attached hydrogens (tertiary/aromatic N) is 1. The van der Waals surface area contributed by atoms with Crippen LogP contribution in [0.25, 0.3) is 0 Å². The molecule has 0 saturated carbocycles. The first-order valence-electron chi connectivity index (χ1n) is 5.49. The summed E-state index contributed by atoms with van der Waals surface area (Å²) in [5.41, 5.74) is 0. The second-order valence-corrected chi connectivity index (χ2v) is 4.37. The first kappa shape index (κ1) is 10.6. The smallest absolute Gasteiger partial charge is 0.0959 e. The van der Waals surface area contributed by atoms with Gasteiger partial charge in [-0.3, -0.25) is 5.41 Å². The van der Waals surface area contributed by atoms with Crippen LogP contribution in [0.4, 0.5) is 0 Å². The van der Waals surface area contributed by atoms with Gasteiger partial charge >= 0.3 is 0 Å². The second kappa shape index (κ2) is 4.64. The van der Waals surface area contributed by atoms with Crippen molar-refractivity contribution in [2.45, 2.75) is 52.5 Å². The third-order valence-electron chi connectivity index (χ3n) is 2.97. The maximum atomic E-state index is 7.91. The lowest BCUT2D eigenvalue weighted by molar-refractivity contribution is 0.205. The highest BCUT2D eigenvalue weighted by Gasteiger charge is 2.23. The molecule has 1 aliphatic heterocycles. The summed E-state index contributed by atoms with van der Waals surface area (Å²) in [7, 11) is 0. The van der Waals surface area contributed by atoms with E-state index in [2.05, 4.69) is 25.7 Å². The molecule has 2 heteroatoms. The average Bonchev–Trinajstić information content (AvgIpc) is 2.04.